The van der Waals surface area contributed by atoms with Crippen molar-refractivity contribution in [3.8, 4) is 0 Å². The van der Waals surface area contributed by atoms with E-state index in [1.54, 1.807) is 0 Å². The van der Waals surface area contributed by atoms with E-state index >= 15 is 0 Å². The zero-order valence-corrected chi connectivity index (χ0v) is 19.4. The van der Waals surface area contributed by atoms with Crippen molar-refractivity contribution in [3.05, 3.63) is 69.9 Å². The van der Waals surface area contributed by atoms with Crippen LogP contribution in [0.4, 0.5) is 5.69 Å². The molecule has 1 aliphatic rings. The summed E-state index contributed by atoms with van der Waals surface area (Å²) in [5.74, 6) is -2.38. The van der Waals surface area contributed by atoms with Gasteiger partial charge in [0.2, 0.25) is 0 Å². The number of nitrogens with zero attached hydrogens (tertiary/aromatic N) is 2. The number of para-hydroxylation sites is 1. The van der Waals surface area contributed by atoms with E-state index in [2.05, 4.69) is 17.1 Å². The van der Waals surface area contributed by atoms with Gasteiger partial charge in [0.05, 0.1) is 27.4 Å². The molecule has 0 atom stereocenters. The molecule has 2 aromatic carbocycles. The largest absolute Gasteiger partial charge is 0.478 e. The first-order valence-electron chi connectivity index (χ1n) is 11.0. The minimum absolute atomic E-state index is 0.0248. The maximum Gasteiger partial charge on any atom is 0.339 e. The first-order chi connectivity index (χ1) is 16.4. The summed E-state index contributed by atoms with van der Waals surface area (Å²) in [5, 5.41) is 12.5. The molecule has 34 heavy (non-hydrogen) atoms. The van der Waals surface area contributed by atoms with Gasteiger partial charge in [-0.2, -0.15) is 0 Å². The van der Waals surface area contributed by atoms with E-state index in [4.69, 9.17) is 26.4 Å². The SMILES string of the molecule is CCCN1CCc2nc3ccccc3c(C(=O)OCC(=O)Nc3cc(C(=O)O)ccc3Cl)c2C1. The van der Waals surface area contributed by atoms with Gasteiger partial charge in [-0.3, -0.25) is 14.7 Å². The molecule has 0 saturated heterocycles. The van der Waals surface area contributed by atoms with E-state index < -0.39 is 24.5 Å². The number of carbonyl (C=O) groups is 3. The van der Waals surface area contributed by atoms with Crippen molar-refractivity contribution in [2.75, 3.05) is 25.0 Å². The number of pyridine rings is 1. The fourth-order valence-corrected chi connectivity index (χ4v) is 4.29. The average molecular weight is 482 g/mol. The second-order valence-electron chi connectivity index (χ2n) is 8.08. The second-order valence-corrected chi connectivity index (χ2v) is 8.49. The zero-order chi connectivity index (χ0) is 24.2. The number of nitrogens with one attached hydrogen (secondary N) is 1. The molecule has 2 heterocycles. The summed E-state index contributed by atoms with van der Waals surface area (Å²) in [7, 11) is 0. The van der Waals surface area contributed by atoms with Gasteiger partial charge in [-0.05, 0) is 37.2 Å². The number of ether oxygens (including phenoxy) is 1. The van der Waals surface area contributed by atoms with E-state index in [1.165, 1.54) is 18.2 Å². The highest BCUT2D eigenvalue weighted by Crippen LogP contribution is 2.29. The molecule has 0 unspecified atom stereocenters. The number of esters is 1. The van der Waals surface area contributed by atoms with Gasteiger partial charge in [0.15, 0.2) is 6.61 Å². The molecular weight excluding hydrogens is 458 g/mol. The van der Waals surface area contributed by atoms with Crippen LogP contribution >= 0.6 is 11.6 Å². The van der Waals surface area contributed by atoms with Crippen molar-refractivity contribution in [2.45, 2.75) is 26.3 Å². The molecule has 3 aromatic rings. The Morgan fingerprint density at radius 2 is 2.00 bits per heavy atom. The van der Waals surface area contributed by atoms with Gasteiger partial charge in [0.25, 0.3) is 5.91 Å². The van der Waals surface area contributed by atoms with E-state index in [9.17, 15) is 14.4 Å². The molecule has 0 saturated carbocycles. The van der Waals surface area contributed by atoms with Crippen molar-refractivity contribution >= 4 is 46.0 Å². The third-order valence-electron chi connectivity index (χ3n) is 5.69. The number of aromatic carboxylic acids is 1. The van der Waals surface area contributed by atoms with E-state index in [0.29, 0.717) is 23.0 Å². The van der Waals surface area contributed by atoms with Gasteiger partial charge >= 0.3 is 11.9 Å². The Bertz CT molecular complexity index is 1280. The predicted molar refractivity (Wildman–Crippen MR) is 128 cm³/mol. The maximum absolute atomic E-state index is 13.2. The van der Waals surface area contributed by atoms with Crippen LogP contribution in [0.2, 0.25) is 5.02 Å². The van der Waals surface area contributed by atoms with Gasteiger partial charge in [-0.15, -0.1) is 0 Å². The standard InChI is InChI=1S/C25H24ClN3O5/c1-2-10-29-11-9-20-17(13-29)23(16-5-3-4-6-19(16)27-20)25(33)34-14-22(30)28-21-12-15(24(31)32)7-8-18(21)26/h3-8,12H,2,9-11,13-14H2,1H3,(H,28,30)(H,31,32). The summed E-state index contributed by atoms with van der Waals surface area (Å²) < 4.78 is 5.39. The summed E-state index contributed by atoms with van der Waals surface area (Å²) in [6.07, 6.45) is 1.74. The van der Waals surface area contributed by atoms with Crippen LogP contribution in [0.5, 0.6) is 0 Å². The topological polar surface area (TPSA) is 109 Å². The van der Waals surface area contributed by atoms with E-state index in [1.807, 2.05) is 24.3 Å². The van der Waals surface area contributed by atoms with Crippen molar-refractivity contribution in [2.24, 2.45) is 0 Å². The Morgan fingerprint density at radius 1 is 1.21 bits per heavy atom. The molecule has 1 aliphatic heterocycles. The summed E-state index contributed by atoms with van der Waals surface area (Å²) in [6, 6.07) is 11.4. The number of amides is 1. The predicted octanol–water partition coefficient (Wildman–Crippen LogP) is 4.15. The number of carbonyl (C=O) groups excluding carboxylic acids is 2. The highest BCUT2D eigenvalue weighted by Gasteiger charge is 2.26. The smallest absolute Gasteiger partial charge is 0.339 e. The molecule has 0 aliphatic carbocycles. The lowest BCUT2D eigenvalue weighted by molar-refractivity contribution is -0.119. The normalized spacial score (nSPS) is 13.4. The summed E-state index contributed by atoms with van der Waals surface area (Å²) in [6.45, 7) is 3.95. The van der Waals surface area contributed by atoms with Gasteiger partial charge < -0.3 is 15.2 Å². The highest BCUT2D eigenvalue weighted by atomic mass is 35.5. The molecular formula is C25H24ClN3O5. The van der Waals surface area contributed by atoms with Crippen LogP contribution in [-0.2, 0) is 22.5 Å². The molecule has 176 valence electrons. The van der Waals surface area contributed by atoms with Crippen LogP contribution < -0.4 is 5.32 Å². The minimum Gasteiger partial charge on any atom is -0.478 e. The maximum atomic E-state index is 13.2. The van der Waals surface area contributed by atoms with Crippen LogP contribution in [0.25, 0.3) is 10.9 Å². The molecule has 0 spiro atoms. The number of hydrogen-bond acceptors (Lipinski definition) is 6. The zero-order valence-electron chi connectivity index (χ0n) is 18.6. The first-order valence-corrected chi connectivity index (χ1v) is 11.4. The highest BCUT2D eigenvalue weighted by molar-refractivity contribution is 6.33. The Balaban J connectivity index is 1.55. The fourth-order valence-electron chi connectivity index (χ4n) is 4.13. The van der Waals surface area contributed by atoms with E-state index in [-0.39, 0.29) is 16.3 Å². The molecule has 8 nitrogen and oxygen atoms in total. The van der Waals surface area contributed by atoms with Crippen molar-refractivity contribution in [1.29, 1.82) is 0 Å². The molecule has 1 aromatic heterocycles. The minimum atomic E-state index is -1.15. The Labute approximate surface area is 201 Å². The molecule has 0 radical (unpaired) electrons. The van der Waals surface area contributed by atoms with Crippen LogP contribution in [0.3, 0.4) is 0 Å². The van der Waals surface area contributed by atoms with Gasteiger partial charge in [0, 0.05) is 36.2 Å². The number of carboxylic acids is 1. The number of fused-ring (bicyclic) bond motifs is 2. The van der Waals surface area contributed by atoms with Crippen LogP contribution in [0, 0.1) is 0 Å². The third kappa shape index (κ3) is 5.03. The lowest BCUT2D eigenvalue weighted by Crippen LogP contribution is -2.33. The Hall–Kier alpha value is -3.49. The Kier molecular flexibility index (Phi) is 7.09. The van der Waals surface area contributed by atoms with Crippen LogP contribution in [0.15, 0.2) is 42.5 Å². The lowest BCUT2D eigenvalue weighted by Gasteiger charge is -2.29. The molecule has 2 N–H and O–H groups in total. The van der Waals surface area contributed by atoms with Gasteiger partial charge in [0.1, 0.15) is 0 Å². The fraction of sp³-hybridized carbons (Fsp3) is 0.280. The summed E-state index contributed by atoms with van der Waals surface area (Å²) in [4.78, 5) is 43.9. The molecule has 4 rings (SSSR count). The number of hydrogen-bond donors (Lipinski definition) is 2. The first kappa shape index (κ1) is 23.7. The van der Waals surface area contributed by atoms with Crippen molar-refractivity contribution in [3.63, 3.8) is 0 Å². The van der Waals surface area contributed by atoms with Crippen molar-refractivity contribution < 1.29 is 24.2 Å². The average Bonchev–Trinajstić information content (AvgIpc) is 2.82. The lowest BCUT2D eigenvalue weighted by atomic mass is 9.95. The summed E-state index contributed by atoms with van der Waals surface area (Å²) in [5.41, 5.74) is 2.95. The number of anilines is 1. The van der Waals surface area contributed by atoms with Crippen LogP contribution in [-0.4, -0.2) is 52.5 Å². The van der Waals surface area contributed by atoms with Crippen molar-refractivity contribution in [1.82, 2.24) is 9.88 Å². The number of carboxylic acid groups (broad SMARTS) is 1. The van der Waals surface area contributed by atoms with E-state index in [0.717, 1.165) is 37.2 Å². The molecule has 1 amide bonds. The monoisotopic (exact) mass is 481 g/mol. The van der Waals surface area contributed by atoms with Crippen LogP contribution in [0.1, 0.15) is 45.3 Å². The van der Waals surface area contributed by atoms with Gasteiger partial charge in [-0.1, -0.05) is 36.7 Å². The quantitative estimate of drug-likeness (QED) is 0.488. The number of aromatic nitrogens is 1. The number of rotatable bonds is 7. The third-order valence-corrected chi connectivity index (χ3v) is 6.02. The molecule has 0 bridgehead atoms. The Morgan fingerprint density at radius 3 is 2.76 bits per heavy atom. The second kappa shape index (κ2) is 10.2. The number of benzene rings is 2. The molecule has 9 heteroatoms. The van der Waals surface area contributed by atoms with Gasteiger partial charge in [-0.25, -0.2) is 9.59 Å². The molecule has 0 fully saturated rings. The summed E-state index contributed by atoms with van der Waals surface area (Å²) >= 11 is 6.06. The number of halogens is 1.